The lowest BCUT2D eigenvalue weighted by Crippen LogP contribution is -2.50. The maximum atomic E-state index is 12.6. The van der Waals surface area contributed by atoms with E-state index in [9.17, 15) is 20.3 Å². The van der Waals surface area contributed by atoms with Crippen LogP contribution in [0, 0.1) is 11.3 Å². The number of piperidine rings is 1. The monoisotopic (exact) mass is 517 g/mol. The number of aliphatic hydroxyl groups is 2. The summed E-state index contributed by atoms with van der Waals surface area (Å²) >= 11 is 1.51. The molecule has 1 amide bonds. The minimum Gasteiger partial charge on any atom is -0.390 e. The van der Waals surface area contributed by atoms with Crippen molar-refractivity contribution in [3.8, 4) is 16.5 Å². The van der Waals surface area contributed by atoms with Crippen molar-refractivity contribution in [1.29, 1.82) is 5.26 Å². The Morgan fingerprint density at radius 2 is 1.89 bits per heavy atom. The highest BCUT2D eigenvalue weighted by molar-refractivity contribution is 7.16. The van der Waals surface area contributed by atoms with Crippen LogP contribution in [-0.4, -0.2) is 60.7 Å². The van der Waals surface area contributed by atoms with Gasteiger partial charge in [-0.2, -0.15) is 5.26 Å². The van der Waals surface area contributed by atoms with Gasteiger partial charge in [-0.05, 0) is 78.4 Å². The lowest BCUT2D eigenvalue weighted by molar-refractivity contribution is -0.136. The molecule has 7 nitrogen and oxygen atoms in total. The zero-order valence-electron chi connectivity index (χ0n) is 20.6. The minimum absolute atomic E-state index is 0.0162. The molecule has 3 aromatic rings. The van der Waals surface area contributed by atoms with Crippen molar-refractivity contribution in [2.75, 3.05) is 31.1 Å². The van der Waals surface area contributed by atoms with Gasteiger partial charge >= 0.3 is 0 Å². The first-order chi connectivity index (χ1) is 18.0. The molecule has 37 heavy (non-hydrogen) atoms. The number of nitrogens with zero attached hydrogens (tertiary/aromatic N) is 2. The second-order valence-corrected chi connectivity index (χ2v) is 10.7. The average Bonchev–Trinajstić information content (AvgIpc) is 3.41. The van der Waals surface area contributed by atoms with Crippen LogP contribution in [0.4, 0.5) is 5.69 Å². The molecule has 0 spiro atoms. The van der Waals surface area contributed by atoms with Gasteiger partial charge in [0.2, 0.25) is 0 Å². The van der Waals surface area contributed by atoms with Crippen molar-refractivity contribution in [2.45, 2.75) is 44.0 Å². The summed E-state index contributed by atoms with van der Waals surface area (Å²) in [4.78, 5) is 16.9. The Kier molecular flexibility index (Phi) is 7.87. The van der Waals surface area contributed by atoms with Crippen LogP contribution in [0.25, 0.3) is 27.3 Å². The minimum atomic E-state index is -1.07. The molecule has 3 atom stereocenters. The Balaban J connectivity index is 1.27. The molecule has 1 aromatic heterocycles. The molecule has 0 saturated carbocycles. The summed E-state index contributed by atoms with van der Waals surface area (Å²) in [5.74, 6) is -0.538. The Morgan fingerprint density at radius 1 is 1.11 bits per heavy atom. The first-order valence-corrected chi connectivity index (χ1v) is 13.6. The second kappa shape index (κ2) is 11.4. The predicted octanol–water partition coefficient (Wildman–Crippen LogP) is 4.09. The smallest absolute Gasteiger partial charge is 0.262 e. The van der Waals surface area contributed by atoms with Gasteiger partial charge in [0.1, 0.15) is 23.9 Å². The van der Waals surface area contributed by atoms with Crippen LogP contribution in [0.15, 0.2) is 54.1 Å². The summed E-state index contributed by atoms with van der Waals surface area (Å²) in [5.41, 5.74) is 2.35. The van der Waals surface area contributed by atoms with Gasteiger partial charge in [-0.1, -0.05) is 18.2 Å². The van der Waals surface area contributed by atoms with Crippen molar-refractivity contribution < 1.29 is 19.7 Å². The number of amides is 1. The van der Waals surface area contributed by atoms with Gasteiger partial charge < -0.3 is 25.2 Å². The summed E-state index contributed by atoms with van der Waals surface area (Å²) in [6.45, 7) is 2.57. The number of hydrogen-bond acceptors (Lipinski definition) is 7. The fraction of sp³-hybridized carbons (Fsp3) is 0.379. The van der Waals surface area contributed by atoms with Crippen molar-refractivity contribution in [3.05, 3.63) is 59.0 Å². The zero-order valence-corrected chi connectivity index (χ0v) is 21.4. The van der Waals surface area contributed by atoms with E-state index in [-0.39, 0.29) is 12.1 Å². The van der Waals surface area contributed by atoms with Crippen LogP contribution in [-0.2, 0) is 9.53 Å². The van der Waals surface area contributed by atoms with E-state index in [1.54, 1.807) is 6.08 Å². The number of carbonyl (C=O) groups excluding carboxylic acids is 1. The predicted molar refractivity (Wildman–Crippen MR) is 146 cm³/mol. The van der Waals surface area contributed by atoms with Crippen molar-refractivity contribution in [2.24, 2.45) is 0 Å². The average molecular weight is 518 g/mol. The standard InChI is InChI=1S/C29H31N3O4S/c30-17-22(29(35)31-18-26-28(34)25(33)10-13-36-26)16-24-8-9-27(37-24)21-5-4-20-15-23(7-6-19(20)14-21)32-11-2-1-3-12-32/h4-9,14-16,25-26,28,33-34H,1-3,10-13,18H2,(H,31,35)/b22-16+/t25-,26-,28+/m1/s1. The fourth-order valence-corrected chi connectivity index (χ4v) is 5.88. The maximum absolute atomic E-state index is 12.6. The highest BCUT2D eigenvalue weighted by Crippen LogP contribution is 2.33. The summed E-state index contributed by atoms with van der Waals surface area (Å²) in [5, 5.41) is 34.4. The van der Waals surface area contributed by atoms with E-state index in [1.165, 1.54) is 47.1 Å². The van der Waals surface area contributed by atoms with E-state index in [1.807, 2.05) is 18.2 Å². The molecular formula is C29H31N3O4S. The number of ether oxygens (including phenoxy) is 1. The van der Waals surface area contributed by atoms with Gasteiger partial charge in [-0.15, -0.1) is 11.3 Å². The quantitative estimate of drug-likeness (QED) is 0.336. The fourth-order valence-electron chi connectivity index (χ4n) is 4.94. The summed E-state index contributed by atoms with van der Waals surface area (Å²) in [6, 6.07) is 19.0. The first kappa shape index (κ1) is 25.4. The Labute approximate surface area is 220 Å². The third-order valence-electron chi connectivity index (χ3n) is 7.09. The number of anilines is 1. The number of rotatable bonds is 6. The van der Waals surface area contributed by atoms with Gasteiger partial charge in [0.25, 0.3) is 5.91 Å². The summed E-state index contributed by atoms with van der Waals surface area (Å²) < 4.78 is 5.44. The van der Waals surface area contributed by atoms with Gasteiger partial charge in [0.05, 0.1) is 6.10 Å². The molecule has 0 radical (unpaired) electrons. The lowest BCUT2D eigenvalue weighted by Gasteiger charge is -2.31. The number of thiophene rings is 1. The van der Waals surface area contributed by atoms with Gasteiger partial charge in [-0.3, -0.25) is 4.79 Å². The number of aliphatic hydroxyl groups excluding tert-OH is 2. The largest absolute Gasteiger partial charge is 0.390 e. The molecule has 5 rings (SSSR count). The van der Waals surface area contributed by atoms with E-state index in [2.05, 4.69) is 46.6 Å². The Morgan fingerprint density at radius 3 is 2.70 bits per heavy atom. The molecule has 192 valence electrons. The van der Waals surface area contributed by atoms with Crippen molar-refractivity contribution in [3.63, 3.8) is 0 Å². The Bertz CT molecular complexity index is 1340. The molecule has 0 bridgehead atoms. The first-order valence-electron chi connectivity index (χ1n) is 12.8. The van der Waals surface area contributed by atoms with Crippen LogP contribution >= 0.6 is 11.3 Å². The van der Waals surface area contributed by atoms with Crippen LogP contribution in [0.2, 0.25) is 0 Å². The second-order valence-electron chi connectivity index (χ2n) is 9.63. The topological polar surface area (TPSA) is 106 Å². The normalized spacial score (nSPS) is 22.6. The SMILES string of the molecule is N#C/C(=C\c1ccc(-c2ccc3cc(N4CCCCC4)ccc3c2)s1)C(=O)NC[C@H]1OCC[C@@H](O)[C@@H]1O. The number of hydrogen-bond donors (Lipinski definition) is 3. The van der Waals surface area contributed by atoms with Crippen molar-refractivity contribution >= 4 is 39.8 Å². The maximum Gasteiger partial charge on any atom is 0.262 e. The van der Waals surface area contributed by atoms with Gasteiger partial charge in [0, 0.05) is 41.7 Å². The van der Waals surface area contributed by atoms with Gasteiger partial charge in [0.15, 0.2) is 0 Å². The van der Waals surface area contributed by atoms with Gasteiger partial charge in [-0.25, -0.2) is 0 Å². The molecule has 3 heterocycles. The van der Waals surface area contributed by atoms with Crippen LogP contribution in [0.1, 0.15) is 30.6 Å². The van der Waals surface area contributed by atoms with E-state index in [4.69, 9.17) is 4.74 Å². The molecule has 2 aliphatic heterocycles. The number of benzene rings is 2. The number of fused-ring (bicyclic) bond motifs is 1. The molecule has 2 aromatic carbocycles. The highest BCUT2D eigenvalue weighted by Gasteiger charge is 2.31. The molecule has 8 heteroatoms. The number of carbonyl (C=O) groups is 1. The molecular weight excluding hydrogens is 486 g/mol. The molecule has 2 saturated heterocycles. The molecule has 2 fully saturated rings. The van der Waals surface area contributed by atoms with E-state index in [0.29, 0.717) is 13.0 Å². The van der Waals surface area contributed by atoms with Crippen LogP contribution < -0.4 is 10.2 Å². The number of nitriles is 1. The van der Waals surface area contributed by atoms with E-state index in [0.717, 1.165) is 28.4 Å². The van der Waals surface area contributed by atoms with Crippen LogP contribution in [0.3, 0.4) is 0 Å². The Hall–Kier alpha value is -3.22. The zero-order chi connectivity index (χ0) is 25.8. The molecule has 0 unspecified atom stereocenters. The summed E-state index contributed by atoms with van der Waals surface area (Å²) in [6.07, 6.45) is 3.10. The van der Waals surface area contributed by atoms with E-state index >= 15 is 0 Å². The molecule has 0 aliphatic carbocycles. The third-order valence-corrected chi connectivity index (χ3v) is 8.17. The molecule has 3 N–H and O–H groups in total. The van der Waals surface area contributed by atoms with E-state index < -0.39 is 24.2 Å². The highest BCUT2D eigenvalue weighted by atomic mass is 32.1. The number of nitrogens with one attached hydrogen (secondary N) is 1. The van der Waals surface area contributed by atoms with Crippen LogP contribution in [0.5, 0.6) is 0 Å². The third kappa shape index (κ3) is 5.86. The van der Waals surface area contributed by atoms with Crippen molar-refractivity contribution in [1.82, 2.24) is 5.32 Å². The molecule has 2 aliphatic rings. The summed E-state index contributed by atoms with van der Waals surface area (Å²) in [7, 11) is 0. The lowest BCUT2D eigenvalue weighted by atomic mass is 10.0.